The summed E-state index contributed by atoms with van der Waals surface area (Å²) >= 11 is 0. The number of aromatic amines is 1. The molecule has 0 aliphatic heterocycles. The molecule has 4 heteroatoms. The SMILES string of the molecule is [B]c1n[nH]c(=O)c2ccccc12. The summed E-state index contributed by atoms with van der Waals surface area (Å²) < 4.78 is 0. The third-order valence-corrected chi connectivity index (χ3v) is 1.73. The number of hydrogen-bond donors (Lipinski definition) is 1. The molecule has 0 aliphatic carbocycles. The zero-order valence-electron chi connectivity index (χ0n) is 6.24. The summed E-state index contributed by atoms with van der Waals surface area (Å²) in [6.07, 6.45) is 0. The van der Waals surface area contributed by atoms with Gasteiger partial charge in [0.25, 0.3) is 5.56 Å². The van der Waals surface area contributed by atoms with Crippen molar-refractivity contribution in [3.63, 3.8) is 0 Å². The first kappa shape index (κ1) is 7.09. The predicted molar refractivity (Wildman–Crippen MR) is 47.8 cm³/mol. The van der Waals surface area contributed by atoms with Gasteiger partial charge >= 0.3 is 0 Å². The maximum absolute atomic E-state index is 11.2. The fourth-order valence-electron chi connectivity index (χ4n) is 1.14. The Morgan fingerprint density at radius 3 is 2.58 bits per heavy atom. The van der Waals surface area contributed by atoms with Crippen molar-refractivity contribution in [3.8, 4) is 0 Å². The second-order valence-electron chi connectivity index (χ2n) is 2.48. The minimum atomic E-state index is -0.209. The van der Waals surface area contributed by atoms with Crippen molar-refractivity contribution >= 4 is 24.2 Å². The van der Waals surface area contributed by atoms with E-state index >= 15 is 0 Å². The van der Waals surface area contributed by atoms with Crippen molar-refractivity contribution in [1.29, 1.82) is 0 Å². The third-order valence-electron chi connectivity index (χ3n) is 1.73. The Morgan fingerprint density at radius 2 is 1.92 bits per heavy atom. The van der Waals surface area contributed by atoms with Gasteiger partial charge in [-0.25, -0.2) is 5.10 Å². The van der Waals surface area contributed by atoms with E-state index in [1.807, 2.05) is 6.07 Å². The highest BCUT2D eigenvalue weighted by atomic mass is 16.1. The summed E-state index contributed by atoms with van der Waals surface area (Å²) in [6, 6.07) is 7.09. The van der Waals surface area contributed by atoms with E-state index in [1.165, 1.54) is 0 Å². The van der Waals surface area contributed by atoms with Crippen LogP contribution in [0.4, 0.5) is 0 Å². The monoisotopic (exact) mass is 156 g/mol. The lowest BCUT2D eigenvalue weighted by Gasteiger charge is -1.97. The molecule has 0 amide bonds. The maximum Gasteiger partial charge on any atom is 0.271 e. The normalized spacial score (nSPS) is 10.3. The Kier molecular flexibility index (Phi) is 1.47. The number of benzene rings is 1. The topological polar surface area (TPSA) is 45.8 Å². The molecular formula is C8H5BN2O. The van der Waals surface area contributed by atoms with E-state index in [9.17, 15) is 4.79 Å². The molecule has 2 rings (SSSR count). The standard InChI is InChI=1S/C8H5BN2O/c9-7-5-3-1-2-4-6(5)8(12)11-10-7/h1-4H,(H,11,12). The summed E-state index contributed by atoms with van der Waals surface area (Å²) in [5.41, 5.74) is 0.144. The number of hydrogen-bond acceptors (Lipinski definition) is 2. The second-order valence-corrected chi connectivity index (χ2v) is 2.48. The highest BCUT2D eigenvalue weighted by Crippen LogP contribution is 2.02. The van der Waals surface area contributed by atoms with Crippen LogP contribution in [-0.2, 0) is 0 Å². The number of fused-ring (bicyclic) bond motifs is 1. The first-order chi connectivity index (χ1) is 5.79. The Morgan fingerprint density at radius 1 is 1.25 bits per heavy atom. The van der Waals surface area contributed by atoms with Gasteiger partial charge in [0, 0.05) is 11.0 Å². The molecule has 0 spiro atoms. The van der Waals surface area contributed by atoms with Gasteiger partial charge in [0.05, 0.1) is 0 Å². The van der Waals surface area contributed by atoms with Gasteiger partial charge in [-0.05, 0) is 11.5 Å². The molecule has 0 atom stereocenters. The van der Waals surface area contributed by atoms with Gasteiger partial charge in [-0.2, -0.15) is 5.10 Å². The zero-order chi connectivity index (χ0) is 8.55. The van der Waals surface area contributed by atoms with Crippen molar-refractivity contribution in [3.05, 3.63) is 34.6 Å². The van der Waals surface area contributed by atoms with Gasteiger partial charge in [-0.15, -0.1) is 0 Å². The Labute approximate surface area is 69.8 Å². The van der Waals surface area contributed by atoms with Crippen LogP contribution >= 0.6 is 0 Å². The molecular weight excluding hydrogens is 151 g/mol. The second kappa shape index (κ2) is 2.48. The molecule has 3 nitrogen and oxygen atoms in total. The molecule has 0 saturated carbocycles. The lowest BCUT2D eigenvalue weighted by molar-refractivity contribution is 1.03. The van der Waals surface area contributed by atoms with Crippen molar-refractivity contribution in [2.75, 3.05) is 0 Å². The maximum atomic E-state index is 11.2. The predicted octanol–water partition coefficient (Wildman–Crippen LogP) is -0.283. The summed E-state index contributed by atoms with van der Waals surface area (Å²) in [5.74, 6) is 0. The van der Waals surface area contributed by atoms with E-state index in [-0.39, 0.29) is 5.56 Å². The molecule has 1 aromatic carbocycles. The van der Waals surface area contributed by atoms with Gasteiger partial charge < -0.3 is 0 Å². The fraction of sp³-hybridized carbons (Fsp3) is 0. The van der Waals surface area contributed by atoms with Crippen LogP contribution in [0.1, 0.15) is 0 Å². The molecule has 2 radical (unpaired) electrons. The first-order valence-electron chi connectivity index (χ1n) is 3.52. The lowest BCUT2D eigenvalue weighted by Crippen LogP contribution is -2.20. The van der Waals surface area contributed by atoms with Crippen LogP contribution < -0.4 is 11.2 Å². The van der Waals surface area contributed by atoms with Gasteiger partial charge in [0.2, 0.25) is 0 Å². The van der Waals surface area contributed by atoms with Crippen molar-refractivity contribution in [2.45, 2.75) is 0 Å². The Balaban J connectivity index is 3.05. The minimum absolute atomic E-state index is 0.209. The fourth-order valence-corrected chi connectivity index (χ4v) is 1.14. The molecule has 0 aliphatic rings. The van der Waals surface area contributed by atoms with E-state index in [0.29, 0.717) is 16.4 Å². The smallest absolute Gasteiger partial charge is 0.267 e. The molecule has 1 N–H and O–H groups in total. The van der Waals surface area contributed by atoms with Crippen LogP contribution in [0.15, 0.2) is 29.1 Å². The number of nitrogens with zero attached hydrogens (tertiary/aromatic N) is 1. The van der Waals surface area contributed by atoms with E-state index < -0.39 is 0 Å². The van der Waals surface area contributed by atoms with Gasteiger partial charge in [-0.3, -0.25) is 4.79 Å². The average molecular weight is 156 g/mol. The van der Waals surface area contributed by atoms with E-state index in [4.69, 9.17) is 7.85 Å². The Hall–Kier alpha value is -1.58. The molecule has 0 unspecified atom stereocenters. The summed E-state index contributed by atoms with van der Waals surface area (Å²) in [6.45, 7) is 0. The molecule has 2 aromatic rings. The first-order valence-corrected chi connectivity index (χ1v) is 3.52. The summed E-state index contributed by atoms with van der Waals surface area (Å²) in [4.78, 5) is 11.2. The van der Waals surface area contributed by atoms with Crippen LogP contribution in [0.25, 0.3) is 10.8 Å². The minimum Gasteiger partial charge on any atom is -0.267 e. The van der Waals surface area contributed by atoms with Crippen LogP contribution in [0.5, 0.6) is 0 Å². The van der Waals surface area contributed by atoms with Crippen LogP contribution in [0, 0.1) is 0 Å². The van der Waals surface area contributed by atoms with Gasteiger partial charge in [0.15, 0.2) is 0 Å². The summed E-state index contributed by atoms with van der Waals surface area (Å²) in [7, 11) is 5.54. The third kappa shape index (κ3) is 0.924. The molecule has 12 heavy (non-hydrogen) atoms. The molecule has 1 heterocycles. The molecule has 1 aromatic heterocycles. The van der Waals surface area contributed by atoms with Gasteiger partial charge in [0.1, 0.15) is 7.85 Å². The average Bonchev–Trinajstić information content (AvgIpc) is 2.12. The molecule has 0 bridgehead atoms. The van der Waals surface area contributed by atoms with Crippen LogP contribution in [0.3, 0.4) is 0 Å². The lowest BCUT2D eigenvalue weighted by atomic mass is 9.98. The van der Waals surface area contributed by atoms with Crippen LogP contribution in [0.2, 0.25) is 0 Å². The number of nitrogens with one attached hydrogen (secondary N) is 1. The van der Waals surface area contributed by atoms with Crippen LogP contribution in [-0.4, -0.2) is 18.0 Å². The molecule has 0 fully saturated rings. The number of H-pyrrole nitrogens is 1. The Bertz CT molecular complexity index is 478. The number of aromatic nitrogens is 2. The highest BCUT2D eigenvalue weighted by Gasteiger charge is 1.99. The van der Waals surface area contributed by atoms with Gasteiger partial charge in [-0.1, -0.05) is 18.2 Å². The molecule has 56 valence electrons. The largest absolute Gasteiger partial charge is 0.271 e. The summed E-state index contributed by atoms with van der Waals surface area (Å²) in [5, 5.41) is 7.23. The van der Waals surface area contributed by atoms with E-state index in [1.54, 1.807) is 18.2 Å². The van der Waals surface area contributed by atoms with Crippen molar-refractivity contribution in [1.82, 2.24) is 10.2 Å². The van der Waals surface area contributed by atoms with Crippen molar-refractivity contribution in [2.24, 2.45) is 0 Å². The highest BCUT2D eigenvalue weighted by molar-refractivity contribution is 6.36. The quantitative estimate of drug-likeness (QED) is 0.533. The van der Waals surface area contributed by atoms with E-state index in [0.717, 1.165) is 0 Å². The van der Waals surface area contributed by atoms with Crippen molar-refractivity contribution < 1.29 is 0 Å². The van der Waals surface area contributed by atoms with E-state index in [2.05, 4.69) is 10.2 Å². The number of rotatable bonds is 0. The molecule has 0 saturated heterocycles. The zero-order valence-corrected chi connectivity index (χ0v) is 6.24.